The molecule has 1 aliphatic heterocycles. The van der Waals surface area contributed by atoms with Crippen LogP contribution in [0.4, 0.5) is 0 Å². The fourth-order valence-electron chi connectivity index (χ4n) is 8.45. The van der Waals surface area contributed by atoms with E-state index in [1.54, 1.807) is 0 Å². The van der Waals surface area contributed by atoms with Crippen LogP contribution in [0.25, 0.3) is 72.0 Å². The van der Waals surface area contributed by atoms with Gasteiger partial charge in [0.15, 0.2) is 0 Å². The van der Waals surface area contributed by atoms with Crippen LogP contribution in [0.15, 0.2) is 211 Å². The molecule has 0 saturated carbocycles. The molecular formula is C53H38N6. The van der Waals surface area contributed by atoms with Crippen LogP contribution < -0.4 is 10.6 Å². The van der Waals surface area contributed by atoms with E-state index in [0.29, 0.717) is 0 Å². The van der Waals surface area contributed by atoms with E-state index < -0.39 is 0 Å². The van der Waals surface area contributed by atoms with Gasteiger partial charge in [0.25, 0.3) is 0 Å². The fraction of sp³-hybridized carbons (Fsp3) is 0.0377. The molecule has 0 aliphatic carbocycles. The second-order valence-corrected chi connectivity index (χ2v) is 14.9. The topological polar surface area (TPSA) is 67.1 Å². The van der Waals surface area contributed by atoms with E-state index in [9.17, 15) is 0 Å². The lowest BCUT2D eigenvalue weighted by Gasteiger charge is -2.32. The minimum absolute atomic E-state index is 0.195. The Morgan fingerprint density at radius 1 is 0.441 bits per heavy atom. The number of hydrogen-bond acceptors (Lipinski definition) is 5. The quantitative estimate of drug-likeness (QED) is 0.159. The van der Waals surface area contributed by atoms with Crippen LogP contribution in [0.5, 0.6) is 0 Å². The number of hydrogen-bond donors (Lipinski definition) is 2. The highest BCUT2D eigenvalue weighted by atomic mass is 15.3. The Morgan fingerprint density at radius 2 is 1.02 bits per heavy atom. The van der Waals surface area contributed by atoms with Crippen LogP contribution in [-0.2, 0) is 0 Å². The van der Waals surface area contributed by atoms with E-state index in [0.717, 1.165) is 83.4 Å². The maximum absolute atomic E-state index is 5.41. The second-order valence-electron chi connectivity index (χ2n) is 14.9. The van der Waals surface area contributed by atoms with E-state index in [1.807, 2.05) is 30.5 Å². The smallest absolute Gasteiger partial charge is 0.145 e. The van der Waals surface area contributed by atoms with E-state index in [4.69, 9.17) is 15.0 Å². The molecular weight excluding hydrogens is 721 g/mol. The van der Waals surface area contributed by atoms with Crippen molar-refractivity contribution in [2.75, 3.05) is 0 Å². The number of aromatic nitrogens is 3. The first-order chi connectivity index (χ1) is 29.2. The highest BCUT2D eigenvalue weighted by Gasteiger charge is 2.26. The molecule has 2 unspecified atom stereocenters. The third-order valence-corrected chi connectivity index (χ3v) is 11.3. The Balaban J connectivity index is 1.00. The monoisotopic (exact) mass is 758 g/mol. The number of nitrogens with zero attached hydrogens (tertiary/aromatic N) is 4. The largest absolute Gasteiger partial charge is 0.350 e. The standard InChI is InChI=1S/C53H38N6/c1-4-15-35(16-5-1)36-28-30-38(31-29-36)51-56-50(37-17-6-2-7-18-37)57-52(58-51)42-23-12-21-40(33-42)41-22-13-24-43(34-41)59-49-46-27-14-32-54-47(46)44-25-10-11-26-45(44)48(49)55-53(59)39-19-8-3-9-20-39/h1-34,50,52,57H,(H,56,58). The van der Waals surface area contributed by atoms with Crippen molar-refractivity contribution in [2.45, 2.75) is 12.3 Å². The maximum Gasteiger partial charge on any atom is 0.145 e. The van der Waals surface area contributed by atoms with Gasteiger partial charge in [-0.1, -0.05) is 170 Å². The molecule has 10 aromatic rings. The zero-order valence-electron chi connectivity index (χ0n) is 32.1. The zero-order valence-corrected chi connectivity index (χ0v) is 32.1. The predicted molar refractivity (Wildman–Crippen MR) is 241 cm³/mol. The summed E-state index contributed by atoms with van der Waals surface area (Å²) in [7, 11) is 0. The lowest BCUT2D eigenvalue weighted by Crippen LogP contribution is -2.44. The van der Waals surface area contributed by atoms with E-state index in [1.165, 1.54) is 11.1 Å². The van der Waals surface area contributed by atoms with Gasteiger partial charge in [0.2, 0.25) is 0 Å². The number of fused-ring (bicyclic) bond motifs is 6. The third kappa shape index (κ3) is 6.33. The van der Waals surface area contributed by atoms with E-state index in [2.05, 4.69) is 191 Å². The average molecular weight is 759 g/mol. The number of rotatable bonds is 7. The van der Waals surface area contributed by atoms with Gasteiger partial charge < -0.3 is 5.32 Å². The van der Waals surface area contributed by atoms with Gasteiger partial charge in [0.1, 0.15) is 24.0 Å². The number of pyridine rings is 1. The van der Waals surface area contributed by atoms with Crippen molar-refractivity contribution in [2.24, 2.45) is 4.99 Å². The van der Waals surface area contributed by atoms with Crippen molar-refractivity contribution in [3.8, 4) is 39.3 Å². The number of aliphatic imine (C=N–C) groups is 1. The summed E-state index contributed by atoms with van der Waals surface area (Å²) in [5.41, 5.74) is 12.9. The van der Waals surface area contributed by atoms with Gasteiger partial charge in [-0.05, 0) is 63.7 Å². The summed E-state index contributed by atoms with van der Waals surface area (Å²) in [6.07, 6.45) is 1.45. The van der Waals surface area contributed by atoms with Gasteiger partial charge in [-0.2, -0.15) is 0 Å². The van der Waals surface area contributed by atoms with Gasteiger partial charge in [-0.25, -0.2) is 9.98 Å². The van der Waals surface area contributed by atoms with Crippen LogP contribution in [0.2, 0.25) is 0 Å². The first-order valence-electron chi connectivity index (χ1n) is 20.0. The van der Waals surface area contributed by atoms with Crippen molar-refractivity contribution < 1.29 is 0 Å². The molecule has 0 spiro atoms. The SMILES string of the molecule is c1ccc(-c2ccc(C3=NC(c4ccccc4)NC(c4cccc(-c5cccc(-n6c(-c7ccccc7)nc7c8ccccc8c8ncccc8c76)c5)c4)N3)cc2)cc1. The minimum Gasteiger partial charge on any atom is -0.350 e. The number of benzene rings is 8. The molecule has 11 rings (SSSR count). The maximum atomic E-state index is 5.41. The van der Waals surface area contributed by atoms with Gasteiger partial charge in [0, 0.05) is 39.2 Å². The van der Waals surface area contributed by atoms with Crippen LogP contribution in [-0.4, -0.2) is 20.4 Å². The molecule has 8 aromatic carbocycles. The van der Waals surface area contributed by atoms with Crippen molar-refractivity contribution in [3.63, 3.8) is 0 Å². The van der Waals surface area contributed by atoms with E-state index in [-0.39, 0.29) is 12.3 Å². The molecule has 3 heterocycles. The first kappa shape index (κ1) is 34.6. The van der Waals surface area contributed by atoms with Gasteiger partial charge in [-0.3, -0.25) is 14.9 Å². The normalized spacial score (nSPS) is 15.3. The third-order valence-electron chi connectivity index (χ3n) is 11.3. The van der Waals surface area contributed by atoms with Gasteiger partial charge >= 0.3 is 0 Å². The molecule has 0 radical (unpaired) electrons. The predicted octanol–water partition coefficient (Wildman–Crippen LogP) is 12.1. The van der Waals surface area contributed by atoms with Gasteiger partial charge in [0.05, 0.1) is 16.6 Å². The van der Waals surface area contributed by atoms with Crippen LogP contribution in [0, 0.1) is 0 Å². The number of nitrogens with one attached hydrogen (secondary N) is 2. The van der Waals surface area contributed by atoms with E-state index >= 15 is 0 Å². The summed E-state index contributed by atoms with van der Waals surface area (Å²) in [5, 5.41) is 10.8. The highest BCUT2D eigenvalue weighted by Crippen LogP contribution is 2.39. The Hall–Kier alpha value is -7.67. The summed E-state index contributed by atoms with van der Waals surface area (Å²) in [6, 6.07) is 70.3. The molecule has 2 N–H and O–H groups in total. The molecule has 280 valence electrons. The zero-order chi connectivity index (χ0) is 39.1. The molecule has 0 saturated heterocycles. The molecule has 0 bridgehead atoms. The molecule has 0 amide bonds. The molecule has 6 heteroatoms. The Labute approximate surface area is 342 Å². The Kier molecular flexibility index (Phi) is 8.60. The Bertz CT molecular complexity index is 3160. The second kappa shape index (κ2) is 14.7. The molecule has 6 nitrogen and oxygen atoms in total. The lowest BCUT2D eigenvalue weighted by atomic mass is 9.99. The van der Waals surface area contributed by atoms with Crippen molar-refractivity contribution in [3.05, 3.63) is 223 Å². The summed E-state index contributed by atoms with van der Waals surface area (Å²) in [5.74, 6) is 1.74. The summed E-state index contributed by atoms with van der Waals surface area (Å²) in [4.78, 5) is 15.5. The Morgan fingerprint density at radius 3 is 1.78 bits per heavy atom. The minimum atomic E-state index is -0.232. The van der Waals surface area contributed by atoms with Crippen LogP contribution in [0.1, 0.15) is 29.0 Å². The molecule has 59 heavy (non-hydrogen) atoms. The molecule has 1 aliphatic rings. The van der Waals surface area contributed by atoms with Crippen molar-refractivity contribution in [1.29, 1.82) is 0 Å². The van der Waals surface area contributed by atoms with Gasteiger partial charge in [-0.15, -0.1) is 0 Å². The molecule has 2 atom stereocenters. The van der Waals surface area contributed by atoms with Crippen molar-refractivity contribution >= 4 is 38.5 Å². The molecule has 0 fully saturated rings. The highest BCUT2D eigenvalue weighted by molar-refractivity contribution is 6.23. The van der Waals surface area contributed by atoms with Crippen LogP contribution >= 0.6 is 0 Å². The summed E-state index contributed by atoms with van der Waals surface area (Å²) >= 11 is 0. The summed E-state index contributed by atoms with van der Waals surface area (Å²) < 4.78 is 2.31. The van der Waals surface area contributed by atoms with Crippen LogP contribution in [0.3, 0.4) is 0 Å². The van der Waals surface area contributed by atoms with Crippen molar-refractivity contribution in [1.82, 2.24) is 25.2 Å². The summed E-state index contributed by atoms with van der Waals surface area (Å²) in [6.45, 7) is 0. The average Bonchev–Trinajstić information content (AvgIpc) is 3.74. The fourth-order valence-corrected chi connectivity index (χ4v) is 8.45. The first-order valence-corrected chi connectivity index (χ1v) is 20.0. The number of amidine groups is 1. The number of imidazole rings is 1. The lowest BCUT2D eigenvalue weighted by molar-refractivity contribution is 0.409. The molecule has 2 aromatic heterocycles.